The van der Waals surface area contributed by atoms with Crippen molar-refractivity contribution in [3.8, 4) is 11.1 Å². The molecule has 0 heteroatoms. The maximum Gasteiger partial charge on any atom is 0.0159 e. The van der Waals surface area contributed by atoms with Crippen molar-refractivity contribution in [3.63, 3.8) is 0 Å². The van der Waals surface area contributed by atoms with Crippen LogP contribution in [0.4, 0.5) is 0 Å². The van der Waals surface area contributed by atoms with Crippen LogP contribution in [0.1, 0.15) is 60.1 Å². The summed E-state index contributed by atoms with van der Waals surface area (Å²) >= 11 is 0. The summed E-state index contributed by atoms with van der Waals surface area (Å²) in [5.41, 5.74) is 11.7. The second kappa shape index (κ2) is 9.40. The van der Waals surface area contributed by atoms with Crippen molar-refractivity contribution in [1.29, 1.82) is 0 Å². The van der Waals surface area contributed by atoms with Crippen LogP contribution in [0.3, 0.4) is 0 Å². The molecule has 0 aromatic heterocycles. The second-order valence-electron chi connectivity index (χ2n) is 10.1. The summed E-state index contributed by atoms with van der Waals surface area (Å²) in [6, 6.07) is 36.1. The second-order valence-corrected chi connectivity index (χ2v) is 10.1. The lowest BCUT2D eigenvalue weighted by Gasteiger charge is -2.22. The van der Waals surface area contributed by atoms with Gasteiger partial charge in [0.1, 0.15) is 0 Å². The summed E-state index contributed by atoms with van der Waals surface area (Å²) in [6.45, 7) is 4.80. The van der Waals surface area contributed by atoms with Crippen molar-refractivity contribution < 1.29 is 0 Å². The summed E-state index contributed by atoms with van der Waals surface area (Å²) in [5.74, 6) is 0. The van der Waals surface area contributed by atoms with Crippen molar-refractivity contribution in [1.82, 2.24) is 0 Å². The molecule has 0 heterocycles. The minimum absolute atomic E-state index is 0.0650. The maximum atomic E-state index is 2.48. The lowest BCUT2D eigenvalue weighted by molar-refractivity contribution is 0.656. The fourth-order valence-corrected chi connectivity index (χ4v) is 5.43. The molecule has 0 saturated carbocycles. The smallest absolute Gasteiger partial charge is 0.0159 e. The first-order chi connectivity index (χ1) is 16.1. The third kappa shape index (κ3) is 4.67. The summed E-state index contributed by atoms with van der Waals surface area (Å²) in [7, 11) is 0. The van der Waals surface area contributed by atoms with Crippen LogP contribution < -0.4 is 0 Å². The fourth-order valence-electron chi connectivity index (χ4n) is 5.43. The van der Waals surface area contributed by atoms with Crippen LogP contribution >= 0.6 is 0 Å². The van der Waals surface area contributed by atoms with Crippen LogP contribution in [-0.2, 0) is 31.1 Å². The lowest BCUT2D eigenvalue weighted by Crippen LogP contribution is -2.15. The third-order valence-corrected chi connectivity index (χ3v) is 7.35. The monoisotopic (exact) mass is 430 g/mol. The molecular formula is C33H34. The van der Waals surface area contributed by atoms with E-state index in [9.17, 15) is 0 Å². The molecular weight excluding hydrogens is 396 g/mol. The van der Waals surface area contributed by atoms with Crippen LogP contribution in [0, 0.1) is 0 Å². The molecule has 0 bridgehead atoms. The first-order valence-electron chi connectivity index (χ1n) is 12.5. The highest BCUT2D eigenvalue weighted by Crippen LogP contribution is 2.49. The Balaban J connectivity index is 1.28. The molecule has 0 unspecified atom stereocenters. The van der Waals surface area contributed by atoms with E-state index in [-0.39, 0.29) is 5.41 Å². The van der Waals surface area contributed by atoms with Crippen molar-refractivity contribution >= 4 is 0 Å². The van der Waals surface area contributed by atoms with Gasteiger partial charge >= 0.3 is 0 Å². The summed E-state index contributed by atoms with van der Waals surface area (Å²) in [4.78, 5) is 0. The third-order valence-electron chi connectivity index (χ3n) is 7.35. The van der Waals surface area contributed by atoms with E-state index in [1.807, 2.05) is 0 Å². The van der Waals surface area contributed by atoms with Gasteiger partial charge in [-0.05, 0) is 83.0 Å². The van der Waals surface area contributed by atoms with Gasteiger partial charge in [0.05, 0.1) is 0 Å². The molecule has 1 aliphatic rings. The Bertz CT molecular complexity index is 1120. The van der Waals surface area contributed by atoms with Crippen molar-refractivity contribution in [2.24, 2.45) is 0 Å². The molecule has 0 atom stereocenters. The number of rotatable bonds is 8. The summed E-state index contributed by atoms with van der Waals surface area (Å²) in [5, 5.41) is 0. The average Bonchev–Trinajstić information content (AvgIpc) is 3.07. The Morgan fingerprint density at radius 1 is 0.455 bits per heavy atom. The molecule has 0 nitrogen and oxygen atoms in total. The summed E-state index contributed by atoms with van der Waals surface area (Å²) in [6.07, 6.45) is 6.96. The number of benzene rings is 4. The van der Waals surface area contributed by atoms with Crippen LogP contribution in [0.5, 0.6) is 0 Å². The van der Waals surface area contributed by atoms with Crippen LogP contribution in [-0.4, -0.2) is 0 Å². The Kier molecular flexibility index (Phi) is 6.18. The Labute approximate surface area is 199 Å². The zero-order valence-corrected chi connectivity index (χ0v) is 20.0. The van der Waals surface area contributed by atoms with Gasteiger partial charge in [-0.25, -0.2) is 0 Å². The Morgan fingerprint density at radius 3 is 1.27 bits per heavy atom. The molecule has 0 spiro atoms. The van der Waals surface area contributed by atoms with E-state index in [1.165, 1.54) is 57.3 Å². The maximum absolute atomic E-state index is 2.48. The van der Waals surface area contributed by atoms with Crippen molar-refractivity contribution in [3.05, 3.63) is 130 Å². The van der Waals surface area contributed by atoms with Gasteiger partial charge in [0.25, 0.3) is 0 Å². The first-order valence-corrected chi connectivity index (χ1v) is 12.5. The van der Waals surface area contributed by atoms with E-state index in [1.54, 1.807) is 0 Å². The predicted molar refractivity (Wildman–Crippen MR) is 141 cm³/mol. The molecule has 33 heavy (non-hydrogen) atoms. The minimum Gasteiger partial charge on any atom is -0.0622 e. The molecule has 0 amide bonds. The van der Waals surface area contributed by atoms with Gasteiger partial charge in [-0.15, -0.1) is 0 Å². The van der Waals surface area contributed by atoms with E-state index in [2.05, 4.69) is 111 Å². The fraction of sp³-hybridized carbons (Fsp3) is 0.273. The molecule has 166 valence electrons. The van der Waals surface area contributed by atoms with E-state index < -0.39 is 0 Å². The van der Waals surface area contributed by atoms with E-state index in [0.29, 0.717) is 0 Å². The largest absolute Gasteiger partial charge is 0.0622 e. The zero-order valence-electron chi connectivity index (χ0n) is 20.0. The first kappa shape index (κ1) is 21.7. The van der Waals surface area contributed by atoms with Crippen LogP contribution in [0.25, 0.3) is 11.1 Å². The molecule has 0 radical (unpaired) electrons. The summed E-state index contributed by atoms with van der Waals surface area (Å²) < 4.78 is 0. The molecule has 0 aliphatic heterocycles. The van der Waals surface area contributed by atoms with E-state index in [0.717, 1.165) is 25.7 Å². The highest BCUT2D eigenvalue weighted by atomic mass is 14.4. The average molecular weight is 431 g/mol. The number of aryl methyl sites for hydroxylation is 4. The standard InChI is InChI=1S/C33H34/c1-33(2)31-23-27(17-9-15-25-11-5-3-6-12-25)19-21-29(31)30-22-20-28(24-32(30)33)18-10-16-26-13-7-4-8-14-26/h3-8,11-14,19-24H,9-10,15-18H2,1-2H3. The SMILES string of the molecule is CC1(C)c2cc(CCCc3ccccc3)ccc2-c2ccc(CCCc3ccccc3)cc21. The Hall–Kier alpha value is -3.12. The molecule has 0 saturated heterocycles. The molecule has 5 rings (SSSR count). The van der Waals surface area contributed by atoms with Crippen LogP contribution in [0.15, 0.2) is 97.1 Å². The zero-order chi connectivity index (χ0) is 22.7. The minimum atomic E-state index is 0.0650. The van der Waals surface area contributed by atoms with Gasteiger partial charge in [-0.3, -0.25) is 0 Å². The van der Waals surface area contributed by atoms with Crippen LogP contribution in [0.2, 0.25) is 0 Å². The Morgan fingerprint density at radius 2 is 0.848 bits per heavy atom. The van der Waals surface area contributed by atoms with Gasteiger partial charge in [-0.1, -0.05) is 111 Å². The van der Waals surface area contributed by atoms with E-state index in [4.69, 9.17) is 0 Å². The van der Waals surface area contributed by atoms with Gasteiger partial charge in [0.2, 0.25) is 0 Å². The van der Waals surface area contributed by atoms with Gasteiger partial charge < -0.3 is 0 Å². The highest BCUT2D eigenvalue weighted by Gasteiger charge is 2.35. The highest BCUT2D eigenvalue weighted by molar-refractivity contribution is 5.81. The molecule has 0 N–H and O–H groups in total. The lowest BCUT2D eigenvalue weighted by atomic mass is 9.81. The quantitative estimate of drug-likeness (QED) is 0.263. The van der Waals surface area contributed by atoms with Gasteiger partial charge in [0.15, 0.2) is 0 Å². The topological polar surface area (TPSA) is 0 Å². The van der Waals surface area contributed by atoms with Crippen molar-refractivity contribution in [2.75, 3.05) is 0 Å². The number of hydrogen-bond donors (Lipinski definition) is 0. The molecule has 4 aromatic carbocycles. The van der Waals surface area contributed by atoms with Gasteiger partial charge in [-0.2, -0.15) is 0 Å². The number of fused-ring (bicyclic) bond motifs is 3. The van der Waals surface area contributed by atoms with E-state index >= 15 is 0 Å². The predicted octanol–water partition coefficient (Wildman–Crippen LogP) is 8.34. The molecule has 4 aromatic rings. The van der Waals surface area contributed by atoms with Gasteiger partial charge in [0, 0.05) is 5.41 Å². The normalized spacial score (nSPS) is 13.5. The van der Waals surface area contributed by atoms with Crippen molar-refractivity contribution in [2.45, 2.75) is 57.8 Å². The molecule has 1 aliphatic carbocycles. The molecule has 0 fully saturated rings. The number of hydrogen-bond acceptors (Lipinski definition) is 0.